The number of halogens is 3. The monoisotopic (exact) mass is 454 g/mol. The highest BCUT2D eigenvalue weighted by molar-refractivity contribution is 7.86. The van der Waals surface area contributed by atoms with Gasteiger partial charge in [0.25, 0.3) is 15.7 Å². The first-order valence-electron chi connectivity index (χ1n) is 8.98. The van der Waals surface area contributed by atoms with E-state index >= 15 is 0 Å². The maximum atomic E-state index is 13.0. The fraction of sp³-hybridized carbons (Fsp3) is 0.647. The van der Waals surface area contributed by atoms with E-state index in [1.807, 2.05) is 0 Å². The number of H-pyrrole nitrogens is 1. The molecule has 13 heteroatoms. The molecular formula is C17H21F3N2O7S. The molecule has 168 valence electrons. The summed E-state index contributed by atoms with van der Waals surface area (Å²) in [5.41, 5.74) is -4.27. The van der Waals surface area contributed by atoms with Gasteiger partial charge < -0.3 is 9.47 Å². The minimum atomic E-state index is -4.99. The van der Waals surface area contributed by atoms with Crippen LogP contribution < -0.4 is 11.2 Å². The average molecular weight is 454 g/mol. The standard InChI is InChI=1S/C17H21F3N2O7S/c1-3-5-7-30(25,26)28-10-13-12(27-6-4-2)8-14(29-13)22-9-11(17(18,19)20)15(23)21-16(22)24/h2,9,12-14H,3,5-8,10H2,1H3,(H,21,23,24)/t12-,13+,14+/m0/s1. The van der Waals surface area contributed by atoms with Crippen LogP contribution in [0.2, 0.25) is 0 Å². The Morgan fingerprint density at radius 3 is 2.70 bits per heavy atom. The van der Waals surface area contributed by atoms with Crippen LogP contribution in [0.15, 0.2) is 15.8 Å². The Morgan fingerprint density at radius 1 is 1.40 bits per heavy atom. The van der Waals surface area contributed by atoms with Gasteiger partial charge in [0.15, 0.2) is 0 Å². The Kier molecular flexibility index (Phi) is 7.87. The van der Waals surface area contributed by atoms with Crippen LogP contribution in [0.5, 0.6) is 0 Å². The summed E-state index contributed by atoms with van der Waals surface area (Å²) in [6.07, 6.45) is -1.72. The number of hydrogen-bond acceptors (Lipinski definition) is 7. The number of aromatic nitrogens is 2. The maximum Gasteiger partial charge on any atom is 0.423 e. The molecule has 0 aliphatic carbocycles. The minimum absolute atomic E-state index is 0.117. The molecule has 0 radical (unpaired) electrons. The Labute approximate surface area is 170 Å². The normalized spacial score (nSPS) is 22.2. The number of hydrogen-bond donors (Lipinski definition) is 1. The molecule has 30 heavy (non-hydrogen) atoms. The van der Waals surface area contributed by atoms with Crippen LogP contribution in [0.4, 0.5) is 13.2 Å². The lowest BCUT2D eigenvalue weighted by Gasteiger charge is -2.18. The van der Waals surface area contributed by atoms with Gasteiger partial charge in [-0.25, -0.2) is 4.79 Å². The number of nitrogens with zero attached hydrogens (tertiary/aromatic N) is 1. The van der Waals surface area contributed by atoms with Crippen molar-refractivity contribution in [2.24, 2.45) is 0 Å². The van der Waals surface area contributed by atoms with Gasteiger partial charge >= 0.3 is 11.9 Å². The molecule has 9 nitrogen and oxygen atoms in total. The zero-order valence-electron chi connectivity index (χ0n) is 16.0. The van der Waals surface area contributed by atoms with Gasteiger partial charge in [-0.15, -0.1) is 6.42 Å². The van der Waals surface area contributed by atoms with Crippen LogP contribution >= 0.6 is 0 Å². The highest BCUT2D eigenvalue weighted by Crippen LogP contribution is 2.32. The summed E-state index contributed by atoms with van der Waals surface area (Å²) in [7, 11) is -3.84. The maximum absolute atomic E-state index is 13.0. The van der Waals surface area contributed by atoms with Gasteiger partial charge in [-0.1, -0.05) is 19.3 Å². The third-order valence-electron chi connectivity index (χ3n) is 4.30. The van der Waals surface area contributed by atoms with Gasteiger partial charge in [0.2, 0.25) is 0 Å². The molecule has 0 spiro atoms. The molecule has 0 saturated carbocycles. The molecule has 0 aromatic carbocycles. The Morgan fingerprint density at radius 2 is 2.10 bits per heavy atom. The van der Waals surface area contributed by atoms with Crippen molar-refractivity contribution in [3.63, 3.8) is 0 Å². The molecule has 2 heterocycles. The quantitative estimate of drug-likeness (QED) is 0.437. The Balaban J connectivity index is 2.25. The second-order valence-corrected chi connectivity index (χ2v) is 8.28. The molecule has 1 aromatic rings. The van der Waals surface area contributed by atoms with E-state index in [-0.39, 0.29) is 18.8 Å². The van der Waals surface area contributed by atoms with Crippen LogP contribution in [0.3, 0.4) is 0 Å². The molecule has 2 rings (SSSR count). The van der Waals surface area contributed by atoms with Gasteiger partial charge in [0, 0.05) is 12.6 Å². The van der Waals surface area contributed by atoms with Gasteiger partial charge in [0.1, 0.15) is 24.5 Å². The molecule has 1 fully saturated rings. The summed E-state index contributed by atoms with van der Waals surface area (Å²) in [5, 5.41) is 0. The third-order valence-corrected chi connectivity index (χ3v) is 5.59. The van der Waals surface area contributed by atoms with Crippen LogP contribution in [0.1, 0.15) is 38.0 Å². The topological polar surface area (TPSA) is 117 Å². The summed E-state index contributed by atoms with van der Waals surface area (Å²) in [6, 6.07) is 0. The second kappa shape index (κ2) is 9.78. The van der Waals surface area contributed by atoms with Crippen molar-refractivity contribution in [2.75, 3.05) is 19.0 Å². The molecule has 3 atom stereocenters. The van der Waals surface area contributed by atoms with E-state index in [1.54, 1.807) is 11.9 Å². The lowest BCUT2D eigenvalue weighted by Crippen LogP contribution is -2.36. The van der Waals surface area contributed by atoms with Gasteiger partial charge in [-0.3, -0.25) is 18.5 Å². The number of rotatable bonds is 9. The van der Waals surface area contributed by atoms with Crippen molar-refractivity contribution in [1.29, 1.82) is 0 Å². The predicted molar refractivity (Wildman–Crippen MR) is 98.1 cm³/mol. The fourth-order valence-electron chi connectivity index (χ4n) is 2.80. The van der Waals surface area contributed by atoms with Gasteiger partial charge in [0.05, 0.1) is 18.5 Å². The Hall–Kier alpha value is -2.14. The van der Waals surface area contributed by atoms with E-state index in [0.29, 0.717) is 23.6 Å². The largest absolute Gasteiger partial charge is 0.423 e. The smallest absolute Gasteiger partial charge is 0.363 e. The van der Waals surface area contributed by atoms with Gasteiger partial charge in [-0.05, 0) is 6.42 Å². The molecular weight excluding hydrogens is 433 g/mol. The van der Waals surface area contributed by atoms with Crippen LogP contribution in [0.25, 0.3) is 0 Å². The van der Waals surface area contributed by atoms with Crippen molar-refractivity contribution in [2.45, 2.75) is 50.8 Å². The van der Waals surface area contributed by atoms with Gasteiger partial charge in [-0.2, -0.15) is 21.6 Å². The second-order valence-electron chi connectivity index (χ2n) is 6.53. The number of aromatic amines is 1. The predicted octanol–water partition coefficient (Wildman–Crippen LogP) is 1.01. The molecule has 1 aliphatic heterocycles. The molecule has 0 bridgehead atoms. The van der Waals surface area contributed by atoms with E-state index < -0.39 is 58.1 Å². The van der Waals surface area contributed by atoms with Crippen molar-refractivity contribution < 1.29 is 35.2 Å². The molecule has 1 saturated heterocycles. The molecule has 0 amide bonds. The fourth-order valence-corrected chi connectivity index (χ4v) is 3.91. The highest BCUT2D eigenvalue weighted by atomic mass is 32.2. The highest BCUT2D eigenvalue weighted by Gasteiger charge is 2.40. The minimum Gasteiger partial charge on any atom is -0.363 e. The summed E-state index contributed by atoms with van der Waals surface area (Å²) >= 11 is 0. The number of nitrogens with one attached hydrogen (secondary N) is 1. The van der Waals surface area contributed by atoms with Crippen LogP contribution in [0, 0.1) is 12.3 Å². The zero-order chi connectivity index (χ0) is 22.5. The average Bonchev–Trinajstić information content (AvgIpc) is 3.05. The number of alkyl halides is 3. The number of unbranched alkanes of at least 4 members (excludes halogenated alkanes) is 1. The van der Waals surface area contributed by atoms with Crippen LogP contribution in [-0.4, -0.2) is 49.1 Å². The van der Waals surface area contributed by atoms with E-state index in [2.05, 4.69) is 5.92 Å². The van der Waals surface area contributed by atoms with Crippen molar-refractivity contribution in [3.05, 3.63) is 32.6 Å². The first kappa shape index (κ1) is 24.1. The first-order chi connectivity index (χ1) is 14.0. The number of ether oxygens (including phenoxy) is 2. The summed E-state index contributed by atoms with van der Waals surface area (Å²) in [5.74, 6) is 2.01. The first-order valence-corrected chi connectivity index (χ1v) is 10.6. The summed E-state index contributed by atoms with van der Waals surface area (Å²) < 4.78 is 79.2. The van der Waals surface area contributed by atoms with E-state index in [1.165, 1.54) is 0 Å². The lowest BCUT2D eigenvalue weighted by atomic mass is 10.2. The molecule has 1 N–H and O–H groups in total. The SMILES string of the molecule is C#CCO[C@H]1C[C@H](n2cc(C(F)(F)F)c(=O)[nH]c2=O)O[C@@H]1COS(=O)(=O)CCCC. The van der Waals surface area contributed by atoms with Crippen molar-refractivity contribution in [1.82, 2.24) is 9.55 Å². The summed E-state index contributed by atoms with van der Waals surface area (Å²) in [6.45, 7) is 1.16. The number of terminal acetylenes is 1. The van der Waals surface area contributed by atoms with Crippen molar-refractivity contribution >= 4 is 10.1 Å². The van der Waals surface area contributed by atoms with E-state index in [9.17, 15) is 31.2 Å². The zero-order valence-corrected chi connectivity index (χ0v) is 16.8. The molecule has 1 aliphatic rings. The summed E-state index contributed by atoms with van der Waals surface area (Å²) in [4.78, 5) is 25.1. The van der Waals surface area contributed by atoms with Crippen molar-refractivity contribution in [3.8, 4) is 12.3 Å². The molecule has 1 aromatic heterocycles. The van der Waals surface area contributed by atoms with E-state index in [4.69, 9.17) is 20.1 Å². The Bertz CT molecular complexity index is 994. The van der Waals surface area contributed by atoms with E-state index in [0.717, 1.165) is 0 Å². The lowest BCUT2D eigenvalue weighted by molar-refractivity contribution is -0.139. The third kappa shape index (κ3) is 6.18. The molecule has 0 unspecified atom stereocenters. The van der Waals surface area contributed by atoms with Crippen LogP contribution in [-0.2, 0) is 30.0 Å².